The predicted molar refractivity (Wildman–Crippen MR) is 163 cm³/mol. The summed E-state index contributed by atoms with van der Waals surface area (Å²) in [5.74, 6) is 0. The number of benzene rings is 5. The van der Waals surface area contributed by atoms with Crippen LogP contribution >= 0.6 is 0 Å². The lowest BCUT2D eigenvalue weighted by Crippen LogP contribution is -2.31. The molecule has 39 heavy (non-hydrogen) atoms. The summed E-state index contributed by atoms with van der Waals surface area (Å²) >= 11 is 0. The highest BCUT2D eigenvalue weighted by Crippen LogP contribution is 2.50. The molecule has 0 N–H and O–H groups in total. The molecule has 1 aliphatic rings. The minimum Gasteiger partial charge on any atom is -0.201 e. The Bertz CT molecular complexity index is 1870. The highest BCUT2D eigenvalue weighted by atomic mass is 14.9. The van der Waals surface area contributed by atoms with Crippen molar-refractivity contribution >= 4 is 0 Å². The molecule has 1 aliphatic carbocycles. The van der Waals surface area contributed by atoms with E-state index in [1.165, 1.54) is 78.0 Å². The van der Waals surface area contributed by atoms with E-state index in [2.05, 4.69) is 153 Å². The third-order valence-electron chi connectivity index (χ3n) is 8.15. The molecule has 0 amide bonds. The fourth-order valence-electron chi connectivity index (χ4n) is 6.34. The molecule has 186 valence electrons. The Morgan fingerprint density at radius 1 is 0.410 bits per heavy atom. The lowest BCUT2D eigenvalue weighted by atomic mass is 9.78. The van der Waals surface area contributed by atoms with Gasteiger partial charge < -0.3 is 0 Å². The molecular formula is C38H30N+. The van der Waals surface area contributed by atoms with Crippen molar-refractivity contribution in [2.24, 2.45) is 7.05 Å². The van der Waals surface area contributed by atoms with E-state index < -0.39 is 0 Å². The van der Waals surface area contributed by atoms with Gasteiger partial charge in [-0.1, -0.05) is 115 Å². The molecule has 0 radical (unpaired) electrons. The maximum absolute atomic E-state index is 2.38. The zero-order chi connectivity index (χ0) is 26.5. The molecule has 0 saturated heterocycles. The smallest absolute Gasteiger partial charge is 0.201 e. The van der Waals surface area contributed by atoms with Gasteiger partial charge in [0.15, 0.2) is 6.20 Å². The average molecular weight is 501 g/mol. The number of aryl methyl sites for hydroxylation is 3. The second-order valence-corrected chi connectivity index (χ2v) is 10.5. The number of hydrogen-bond acceptors (Lipinski definition) is 0. The number of pyridine rings is 1. The molecular weight excluding hydrogens is 470 g/mol. The summed E-state index contributed by atoms with van der Waals surface area (Å²) in [7, 11) is 2.17. The fourth-order valence-corrected chi connectivity index (χ4v) is 6.34. The Hall–Kier alpha value is -4.75. The highest BCUT2D eigenvalue weighted by molar-refractivity contribution is 6.07. The average Bonchev–Trinajstić information content (AvgIpc) is 2.97. The zero-order valence-corrected chi connectivity index (χ0v) is 22.6. The first kappa shape index (κ1) is 23.4. The highest BCUT2D eigenvalue weighted by Gasteiger charge is 2.28. The van der Waals surface area contributed by atoms with Crippen LogP contribution in [0.3, 0.4) is 0 Å². The van der Waals surface area contributed by atoms with Gasteiger partial charge in [0.05, 0.1) is 5.56 Å². The first-order chi connectivity index (χ1) is 19.1. The molecule has 0 atom stereocenters. The molecule has 7 rings (SSSR count). The molecule has 1 heteroatoms. The van der Waals surface area contributed by atoms with Crippen LogP contribution < -0.4 is 4.57 Å². The fraction of sp³-hybridized carbons (Fsp3) is 0.0789. The predicted octanol–water partition coefficient (Wildman–Crippen LogP) is 9.44. The molecule has 1 heterocycles. The van der Waals surface area contributed by atoms with Crippen LogP contribution in [0.25, 0.3) is 66.9 Å². The SMILES string of the molecule is Cc1c[n+](C)c(-c2c(C)ccc3c2-c2ccccc2-c2ccccc2-c2ccccc2-3)cc1-c1ccccc1. The van der Waals surface area contributed by atoms with E-state index in [0.717, 1.165) is 0 Å². The van der Waals surface area contributed by atoms with Gasteiger partial charge in [-0.15, -0.1) is 0 Å². The molecule has 1 aromatic heterocycles. The summed E-state index contributed by atoms with van der Waals surface area (Å²) < 4.78 is 2.30. The summed E-state index contributed by atoms with van der Waals surface area (Å²) in [6, 6.07) is 44.4. The Morgan fingerprint density at radius 2 is 0.897 bits per heavy atom. The van der Waals surface area contributed by atoms with E-state index in [-0.39, 0.29) is 0 Å². The van der Waals surface area contributed by atoms with Crippen LogP contribution in [0, 0.1) is 13.8 Å². The third-order valence-corrected chi connectivity index (χ3v) is 8.15. The molecule has 0 saturated carbocycles. The van der Waals surface area contributed by atoms with E-state index in [4.69, 9.17) is 0 Å². The quantitative estimate of drug-likeness (QED) is 0.208. The van der Waals surface area contributed by atoms with Gasteiger partial charge in [-0.25, -0.2) is 4.57 Å². The number of rotatable bonds is 2. The molecule has 6 aromatic rings. The van der Waals surface area contributed by atoms with Crippen LogP contribution in [0.5, 0.6) is 0 Å². The zero-order valence-electron chi connectivity index (χ0n) is 22.6. The van der Waals surface area contributed by atoms with E-state index in [0.29, 0.717) is 0 Å². The van der Waals surface area contributed by atoms with Crippen molar-refractivity contribution in [3.05, 3.63) is 139 Å². The standard InChI is InChI=1S/C38H30N/c1-25-21-22-34-32-19-10-9-17-30(32)28-15-7-8-16-29(28)31-18-11-12-20-33(31)38(34)37(25)36-23-35(26(2)24-39(36)3)27-13-5-4-6-14-27/h4-24H,1-3H3/q+1. The van der Waals surface area contributed by atoms with Crippen LogP contribution in [-0.4, -0.2) is 0 Å². The van der Waals surface area contributed by atoms with Crippen molar-refractivity contribution in [2.75, 3.05) is 0 Å². The van der Waals surface area contributed by atoms with Crippen LogP contribution in [-0.2, 0) is 7.05 Å². The first-order valence-electron chi connectivity index (χ1n) is 13.6. The second-order valence-electron chi connectivity index (χ2n) is 10.5. The van der Waals surface area contributed by atoms with Gasteiger partial charge in [-0.05, 0) is 69.5 Å². The topological polar surface area (TPSA) is 3.88 Å². The summed E-state index contributed by atoms with van der Waals surface area (Å²) in [5, 5.41) is 0. The molecule has 0 bridgehead atoms. The molecule has 0 fully saturated rings. The summed E-state index contributed by atoms with van der Waals surface area (Å²) in [6.45, 7) is 4.45. The third kappa shape index (κ3) is 3.73. The van der Waals surface area contributed by atoms with E-state index in [9.17, 15) is 0 Å². The van der Waals surface area contributed by atoms with Crippen molar-refractivity contribution in [2.45, 2.75) is 13.8 Å². The largest absolute Gasteiger partial charge is 0.213 e. The van der Waals surface area contributed by atoms with Crippen molar-refractivity contribution < 1.29 is 4.57 Å². The Balaban J connectivity index is 1.62. The first-order valence-corrected chi connectivity index (χ1v) is 13.6. The Morgan fingerprint density at radius 3 is 1.49 bits per heavy atom. The van der Waals surface area contributed by atoms with Crippen molar-refractivity contribution in [1.29, 1.82) is 0 Å². The van der Waals surface area contributed by atoms with Crippen molar-refractivity contribution in [3.63, 3.8) is 0 Å². The Labute approximate surface area is 230 Å². The van der Waals surface area contributed by atoms with E-state index in [1.807, 2.05) is 0 Å². The monoisotopic (exact) mass is 500 g/mol. The lowest BCUT2D eigenvalue weighted by molar-refractivity contribution is -0.660. The maximum atomic E-state index is 2.38. The summed E-state index contributed by atoms with van der Waals surface area (Å²) in [4.78, 5) is 0. The van der Waals surface area contributed by atoms with Crippen molar-refractivity contribution in [3.8, 4) is 66.9 Å². The van der Waals surface area contributed by atoms with Gasteiger partial charge in [0.25, 0.3) is 0 Å². The van der Waals surface area contributed by atoms with Gasteiger partial charge in [-0.3, -0.25) is 0 Å². The number of aromatic nitrogens is 1. The molecule has 1 nitrogen and oxygen atoms in total. The minimum atomic E-state index is 1.22. The number of fused-ring (bicyclic) bond motifs is 8. The Kier molecular flexibility index (Phi) is 5.52. The van der Waals surface area contributed by atoms with Gasteiger partial charge in [-0.2, -0.15) is 0 Å². The maximum Gasteiger partial charge on any atom is 0.213 e. The molecule has 0 unspecified atom stereocenters. The van der Waals surface area contributed by atoms with Gasteiger partial charge >= 0.3 is 0 Å². The van der Waals surface area contributed by atoms with Crippen LogP contribution in [0.15, 0.2) is 128 Å². The van der Waals surface area contributed by atoms with Crippen molar-refractivity contribution in [1.82, 2.24) is 0 Å². The molecule has 5 aromatic carbocycles. The van der Waals surface area contributed by atoms with Gasteiger partial charge in [0, 0.05) is 17.2 Å². The normalized spacial score (nSPS) is 11.5. The lowest BCUT2D eigenvalue weighted by Gasteiger charge is -2.25. The number of hydrogen-bond donors (Lipinski definition) is 0. The minimum absolute atomic E-state index is 1.22. The van der Waals surface area contributed by atoms with Crippen LogP contribution in [0.2, 0.25) is 0 Å². The van der Waals surface area contributed by atoms with Gasteiger partial charge in [0.2, 0.25) is 5.69 Å². The molecule has 0 spiro atoms. The summed E-state index contributed by atoms with van der Waals surface area (Å²) in [5.41, 5.74) is 17.8. The van der Waals surface area contributed by atoms with Crippen LogP contribution in [0.4, 0.5) is 0 Å². The van der Waals surface area contributed by atoms with E-state index >= 15 is 0 Å². The summed E-state index contributed by atoms with van der Waals surface area (Å²) in [6.07, 6.45) is 2.27. The second kappa shape index (κ2) is 9.22. The van der Waals surface area contributed by atoms with Crippen LogP contribution in [0.1, 0.15) is 11.1 Å². The van der Waals surface area contributed by atoms with E-state index in [1.54, 1.807) is 0 Å². The number of nitrogens with zero attached hydrogens (tertiary/aromatic N) is 1. The molecule has 0 aliphatic heterocycles. The van der Waals surface area contributed by atoms with Gasteiger partial charge in [0.1, 0.15) is 7.05 Å².